The summed E-state index contributed by atoms with van der Waals surface area (Å²) in [5, 5.41) is 14.7. The van der Waals surface area contributed by atoms with Gasteiger partial charge >= 0.3 is 12.0 Å². The van der Waals surface area contributed by atoms with Crippen LogP contribution in [0.1, 0.15) is 31.2 Å². The molecule has 1 aromatic rings. The Kier molecular flexibility index (Phi) is 5.61. The third-order valence-corrected chi connectivity index (χ3v) is 4.25. The molecule has 1 aliphatic rings. The number of benzene rings is 1. The van der Waals surface area contributed by atoms with Crippen LogP contribution in [0.3, 0.4) is 0 Å². The van der Waals surface area contributed by atoms with Gasteiger partial charge in [-0.25, -0.2) is 4.79 Å². The number of carboxylic acid groups (broad SMARTS) is 1. The molecule has 0 spiro atoms. The van der Waals surface area contributed by atoms with Crippen molar-refractivity contribution in [1.82, 2.24) is 10.6 Å². The fourth-order valence-corrected chi connectivity index (χ4v) is 3.00. The van der Waals surface area contributed by atoms with Crippen LogP contribution in [0, 0.1) is 5.92 Å². The van der Waals surface area contributed by atoms with Crippen LogP contribution in [0.4, 0.5) is 4.79 Å². The van der Waals surface area contributed by atoms with E-state index in [0.29, 0.717) is 19.4 Å². The molecule has 0 aliphatic heterocycles. The van der Waals surface area contributed by atoms with Crippen molar-refractivity contribution in [3.8, 4) is 0 Å². The van der Waals surface area contributed by atoms with Crippen LogP contribution in [0.2, 0.25) is 0 Å². The summed E-state index contributed by atoms with van der Waals surface area (Å²) in [6.45, 7) is 0.468. The van der Waals surface area contributed by atoms with Gasteiger partial charge in [0, 0.05) is 17.1 Å². The number of hydrogen-bond acceptors (Lipinski definition) is 2. The topological polar surface area (TPSA) is 78.4 Å². The number of hydrogen-bond donors (Lipinski definition) is 3. The minimum absolute atomic E-state index is 0.0723. The standard InChI is InChI=1S/C15H19BrN2O3/c16-12-3-1-2-10(8-12)9-17-15(21)18-13-6-4-11(5-7-13)14(19)20/h1-3,8,11,13H,4-7,9H2,(H,19,20)(H2,17,18,21). The maximum atomic E-state index is 11.8. The van der Waals surface area contributed by atoms with Crippen molar-refractivity contribution in [2.75, 3.05) is 0 Å². The number of carbonyl (C=O) groups is 2. The van der Waals surface area contributed by atoms with E-state index in [1.807, 2.05) is 24.3 Å². The number of amides is 2. The molecule has 1 aliphatic carbocycles. The van der Waals surface area contributed by atoms with Crippen molar-refractivity contribution < 1.29 is 14.7 Å². The molecule has 1 saturated carbocycles. The molecule has 0 unspecified atom stereocenters. The second-order valence-corrected chi connectivity index (χ2v) is 6.26. The molecule has 5 nitrogen and oxygen atoms in total. The molecule has 0 heterocycles. The average molecular weight is 355 g/mol. The van der Waals surface area contributed by atoms with Crippen molar-refractivity contribution in [3.05, 3.63) is 34.3 Å². The zero-order chi connectivity index (χ0) is 15.2. The second kappa shape index (κ2) is 7.45. The third-order valence-electron chi connectivity index (χ3n) is 3.75. The maximum Gasteiger partial charge on any atom is 0.315 e. The van der Waals surface area contributed by atoms with Gasteiger partial charge in [0.1, 0.15) is 0 Å². The molecule has 0 atom stereocenters. The second-order valence-electron chi connectivity index (χ2n) is 5.34. The highest BCUT2D eigenvalue weighted by Crippen LogP contribution is 2.24. The Morgan fingerprint density at radius 3 is 2.57 bits per heavy atom. The maximum absolute atomic E-state index is 11.8. The molecule has 2 amide bonds. The molecule has 0 radical (unpaired) electrons. The van der Waals surface area contributed by atoms with E-state index in [1.165, 1.54) is 0 Å². The zero-order valence-corrected chi connectivity index (χ0v) is 13.2. The predicted octanol–water partition coefficient (Wildman–Crippen LogP) is 2.89. The predicted molar refractivity (Wildman–Crippen MR) is 82.9 cm³/mol. The number of nitrogens with one attached hydrogen (secondary N) is 2. The lowest BCUT2D eigenvalue weighted by molar-refractivity contribution is -0.142. The van der Waals surface area contributed by atoms with Gasteiger partial charge in [0.05, 0.1) is 5.92 Å². The molecule has 114 valence electrons. The van der Waals surface area contributed by atoms with E-state index in [-0.39, 0.29) is 18.0 Å². The zero-order valence-electron chi connectivity index (χ0n) is 11.6. The Bertz CT molecular complexity index is 513. The molecule has 6 heteroatoms. The number of urea groups is 1. The van der Waals surface area contributed by atoms with Crippen molar-refractivity contribution in [1.29, 1.82) is 0 Å². The van der Waals surface area contributed by atoms with Gasteiger partial charge in [0.25, 0.3) is 0 Å². The lowest BCUT2D eigenvalue weighted by atomic mass is 9.86. The SMILES string of the molecule is O=C(NCc1cccc(Br)c1)NC1CCC(C(=O)O)CC1. The molecule has 2 rings (SSSR count). The first-order valence-electron chi connectivity index (χ1n) is 7.06. The van der Waals surface area contributed by atoms with Gasteiger partial charge in [-0.2, -0.15) is 0 Å². The molecular formula is C15H19BrN2O3. The van der Waals surface area contributed by atoms with Crippen LogP contribution < -0.4 is 10.6 Å². The molecule has 1 aromatic carbocycles. The first-order valence-corrected chi connectivity index (χ1v) is 7.85. The summed E-state index contributed by atoms with van der Waals surface area (Å²) in [4.78, 5) is 22.7. The van der Waals surface area contributed by atoms with Gasteiger partial charge in [-0.15, -0.1) is 0 Å². The number of aliphatic carboxylic acids is 1. The fraction of sp³-hybridized carbons (Fsp3) is 0.467. The Balaban J connectivity index is 1.72. The van der Waals surface area contributed by atoms with Crippen LogP contribution in [-0.4, -0.2) is 23.1 Å². The van der Waals surface area contributed by atoms with Crippen molar-refractivity contribution in [2.45, 2.75) is 38.3 Å². The summed E-state index contributed by atoms with van der Waals surface area (Å²) in [7, 11) is 0. The summed E-state index contributed by atoms with van der Waals surface area (Å²) in [6, 6.07) is 7.63. The van der Waals surface area contributed by atoms with Crippen LogP contribution >= 0.6 is 15.9 Å². The number of carboxylic acids is 1. The summed E-state index contributed by atoms with van der Waals surface area (Å²) in [6.07, 6.45) is 2.71. The summed E-state index contributed by atoms with van der Waals surface area (Å²) < 4.78 is 0.981. The quantitative estimate of drug-likeness (QED) is 0.777. The van der Waals surface area contributed by atoms with Gasteiger partial charge in [0.2, 0.25) is 0 Å². The van der Waals surface area contributed by atoms with Gasteiger partial charge in [-0.3, -0.25) is 4.79 Å². The van der Waals surface area contributed by atoms with Crippen molar-refractivity contribution >= 4 is 27.9 Å². The Morgan fingerprint density at radius 2 is 1.95 bits per heavy atom. The van der Waals surface area contributed by atoms with E-state index < -0.39 is 5.97 Å². The highest BCUT2D eigenvalue weighted by atomic mass is 79.9. The van der Waals surface area contributed by atoms with Crippen LogP contribution in [-0.2, 0) is 11.3 Å². The van der Waals surface area contributed by atoms with E-state index >= 15 is 0 Å². The van der Waals surface area contributed by atoms with E-state index in [9.17, 15) is 9.59 Å². The highest BCUT2D eigenvalue weighted by Gasteiger charge is 2.26. The fourth-order valence-electron chi connectivity index (χ4n) is 2.55. The smallest absolute Gasteiger partial charge is 0.315 e. The summed E-state index contributed by atoms with van der Waals surface area (Å²) >= 11 is 3.39. The first-order chi connectivity index (χ1) is 10.0. The van der Waals surface area contributed by atoms with Gasteiger partial charge in [0.15, 0.2) is 0 Å². The minimum atomic E-state index is -0.729. The third kappa shape index (κ3) is 5.04. The van der Waals surface area contributed by atoms with E-state index in [4.69, 9.17) is 5.11 Å². The molecule has 3 N–H and O–H groups in total. The Hall–Kier alpha value is -1.56. The average Bonchev–Trinajstić information content (AvgIpc) is 2.46. The van der Waals surface area contributed by atoms with E-state index in [1.54, 1.807) is 0 Å². The monoisotopic (exact) mass is 354 g/mol. The number of carbonyl (C=O) groups excluding carboxylic acids is 1. The van der Waals surface area contributed by atoms with Crippen molar-refractivity contribution in [2.24, 2.45) is 5.92 Å². The Morgan fingerprint density at radius 1 is 1.24 bits per heavy atom. The van der Waals surface area contributed by atoms with E-state index in [2.05, 4.69) is 26.6 Å². The number of rotatable bonds is 4. The van der Waals surface area contributed by atoms with Crippen LogP contribution in [0.25, 0.3) is 0 Å². The molecule has 0 saturated heterocycles. The molecule has 21 heavy (non-hydrogen) atoms. The van der Waals surface area contributed by atoms with E-state index in [0.717, 1.165) is 22.9 Å². The van der Waals surface area contributed by atoms with Crippen LogP contribution in [0.15, 0.2) is 28.7 Å². The first kappa shape index (κ1) is 15.8. The van der Waals surface area contributed by atoms with Crippen molar-refractivity contribution in [3.63, 3.8) is 0 Å². The Labute approximate surface area is 132 Å². The molecule has 1 fully saturated rings. The lowest BCUT2D eigenvalue weighted by Gasteiger charge is -2.26. The summed E-state index contributed by atoms with van der Waals surface area (Å²) in [5.41, 5.74) is 1.02. The van der Waals surface area contributed by atoms with Gasteiger partial charge in [-0.1, -0.05) is 28.1 Å². The largest absolute Gasteiger partial charge is 0.481 e. The van der Waals surface area contributed by atoms with Crippen LogP contribution in [0.5, 0.6) is 0 Å². The number of halogens is 1. The lowest BCUT2D eigenvalue weighted by Crippen LogP contribution is -2.43. The molecule has 0 aromatic heterocycles. The minimum Gasteiger partial charge on any atom is -0.481 e. The van der Waals surface area contributed by atoms with Gasteiger partial charge < -0.3 is 15.7 Å². The molecular weight excluding hydrogens is 336 g/mol. The molecule has 0 bridgehead atoms. The highest BCUT2D eigenvalue weighted by molar-refractivity contribution is 9.10. The summed E-state index contributed by atoms with van der Waals surface area (Å²) in [5.74, 6) is -0.986. The van der Waals surface area contributed by atoms with Gasteiger partial charge in [-0.05, 0) is 43.4 Å². The normalized spacial score (nSPS) is 21.6.